The summed E-state index contributed by atoms with van der Waals surface area (Å²) >= 11 is 0. The van der Waals surface area contributed by atoms with Gasteiger partial charge >= 0.3 is 0 Å². The summed E-state index contributed by atoms with van der Waals surface area (Å²) in [6, 6.07) is 0. The van der Waals surface area contributed by atoms with Crippen LogP contribution in [0.3, 0.4) is 0 Å². The van der Waals surface area contributed by atoms with Crippen molar-refractivity contribution in [1.29, 1.82) is 0 Å². The second kappa shape index (κ2) is 21.0. The Morgan fingerprint density at radius 2 is 0.875 bits per heavy atom. The minimum Gasteiger partial charge on any atom is -0.380 e. The number of unbranched alkanes of at least 4 members (excludes halogenated alkanes) is 15. The summed E-state index contributed by atoms with van der Waals surface area (Å²) in [5.41, 5.74) is 0. The summed E-state index contributed by atoms with van der Waals surface area (Å²) in [4.78, 5) is 2.17. The number of ether oxygens (including phenoxy) is 1. The summed E-state index contributed by atoms with van der Waals surface area (Å²) < 4.78 is 5.62. The molecule has 0 amide bonds. The number of nitrogens with zero attached hydrogens (tertiary/aromatic N) is 1. The van der Waals surface area contributed by atoms with Crippen LogP contribution in [0.1, 0.15) is 110 Å². The largest absolute Gasteiger partial charge is 0.380 e. The molecule has 0 rings (SSSR count). The molecule has 0 aromatic carbocycles. The predicted molar refractivity (Wildman–Crippen MR) is 109 cm³/mol. The lowest BCUT2D eigenvalue weighted by molar-refractivity contribution is 0.114. The van der Waals surface area contributed by atoms with Crippen molar-refractivity contribution in [1.82, 2.24) is 4.90 Å². The molecular formula is C22H47NO. The van der Waals surface area contributed by atoms with Gasteiger partial charge in [-0.15, -0.1) is 0 Å². The first-order valence-electron chi connectivity index (χ1n) is 11.0. The molecule has 0 aromatic rings. The molecule has 0 saturated heterocycles. The van der Waals surface area contributed by atoms with Gasteiger partial charge in [-0.25, -0.2) is 0 Å². The molecule has 0 fully saturated rings. The highest BCUT2D eigenvalue weighted by Crippen LogP contribution is 2.13. The Hall–Kier alpha value is -0.0800. The number of hydrogen-bond acceptors (Lipinski definition) is 2. The average Bonchev–Trinajstić information content (AvgIpc) is 2.56. The summed E-state index contributed by atoms with van der Waals surface area (Å²) in [6.45, 7) is 5.17. The van der Waals surface area contributed by atoms with E-state index in [9.17, 15) is 0 Å². The van der Waals surface area contributed by atoms with Crippen LogP contribution >= 0.6 is 0 Å². The van der Waals surface area contributed by atoms with E-state index in [1.807, 2.05) is 0 Å². The molecule has 0 unspecified atom stereocenters. The van der Waals surface area contributed by atoms with Gasteiger partial charge in [0.05, 0.1) is 6.61 Å². The van der Waals surface area contributed by atoms with E-state index in [1.165, 1.54) is 103 Å². The van der Waals surface area contributed by atoms with Crippen LogP contribution in [0.5, 0.6) is 0 Å². The highest BCUT2D eigenvalue weighted by molar-refractivity contribution is 4.50. The molecule has 0 spiro atoms. The Labute approximate surface area is 153 Å². The molecule has 2 heteroatoms. The van der Waals surface area contributed by atoms with Gasteiger partial charge in [0.15, 0.2) is 0 Å². The van der Waals surface area contributed by atoms with E-state index in [0.29, 0.717) is 0 Å². The van der Waals surface area contributed by atoms with Gasteiger partial charge in [0.2, 0.25) is 0 Å². The van der Waals surface area contributed by atoms with E-state index >= 15 is 0 Å². The van der Waals surface area contributed by atoms with E-state index < -0.39 is 0 Å². The van der Waals surface area contributed by atoms with E-state index in [4.69, 9.17) is 4.74 Å². The maximum atomic E-state index is 5.62. The Morgan fingerprint density at radius 1 is 0.500 bits per heavy atom. The third-order valence-corrected chi connectivity index (χ3v) is 4.83. The van der Waals surface area contributed by atoms with E-state index in [-0.39, 0.29) is 0 Å². The fourth-order valence-corrected chi connectivity index (χ4v) is 3.10. The second-order valence-corrected chi connectivity index (χ2v) is 7.72. The molecule has 0 bridgehead atoms. The van der Waals surface area contributed by atoms with Gasteiger partial charge in [-0.2, -0.15) is 0 Å². The Kier molecular flexibility index (Phi) is 20.9. The van der Waals surface area contributed by atoms with Gasteiger partial charge in [-0.1, -0.05) is 103 Å². The van der Waals surface area contributed by atoms with E-state index in [1.54, 1.807) is 0 Å². The van der Waals surface area contributed by atoms with Crippen LogP contribution in [0, 0.1) is 0 Å². The van der Waals surface area contributed by atoms with Crippen molar-refractivity contribution < 1.29 is 4.74 Å². The minimum atomic E-state index is 0.881. The van der Waals surface area contributed by atoms with Gasteiger partial charge in [0.25, 0.3) is 0 Å². The van der Waals surface area contributed by atoms with Crippen LogP contribution in [0.4, 0.5) is 0 Å². The lowest BCUT2D eigenvalue weighted by Gasteiger charge is -2.09. The first-order chi connectivity index (χ1) is 11.8. The lowest BCUT2D eigenvalue weighted by Crippen LogP contribution is -2.18. The molecule has 0 N–H and O–H groups in total. The summed E-state index contributed by atoms with van der Waals surface area (Å²) in [5, 5.41) is 0. The standard InChI is InChI=1S/C22H47NO/c1-4-5-6-7-8-9-10-11-12-13-14-15-16-17-18-19-21-24-22-20-23(2)3/h4-22H2,1-3H3. The highest BCUT2D eigenvalue weighted by Gasteiger charge is 1.95. The summed E-state index contributed by atoms with van der Waals surface area (Å²) in [7, 11) is 4.19. The molecule has 0 saturated carbocycles. The Morgan fingerprint density at radius 3 is 1.25 bits per heavy atom. The van der Waals surface area contributed by atoms with Crippen molar-refractivity contribution in [2.24, 2.45) is 0 Å². The van der Waals surface area contributed by atoms with Crippen molar-refractivity contribution in [2.75, 3.05) is 33.9 Å². The zero-order valence-corrected chi connectivity index (χ0v) is 17.3. The molecule has 0 radical (unpaired) electrons. The van der Waals surface area contributed by atoms with E-state index in [0.717, 1.165) is 19.8 Å². The lowest BCUT2D eigenvalue weighted by atomic mass is 10.0. The topological polar surface area (TPSA) is 12.5 Å². The molecule has 0 heterocycles. The van der Waals surface area contributed by atoms with Gasteiger partial charge in [-0.05, 0) is 20.5 Å². The fourth-order valence-electron chi connectivity index (χ4n) is 3.10. The fraction of sp³-hybridized carbons (Fsp3) is 1.00. The van der Waals surface area contributed by atoms with Gasteiger partial charge < -0.3 is 9.64 Å². The first kappa shape index (κ1) is 23.9. The van der Waals surface area contributed by atoms with Crippen molar-refractivity contribution in [3.8, 4) is 0 Å². The highest BCUT2D eigenvalue weighted by atomic mass is 16.5. The van der Waals surface area contributed by atoms with Gasteiger partial charge in [-0.3, -0.25) is 0 Å². The van der Waals surface area contributed by atoms with Crippen LogP contribution in [0.25, 0.3) is 0 Å². The predicted octanol–water partition coefficient (Wildman–Crippen LogP) is 6.83. The number of likely N-dealkylation sites (N-methyl/N-ethyl adjacent to an activating group) is 1. The molecule has 0 atom stereocenters. The molecule has 0 aliphatic heterocycles. The summed E-state index contributed by atoms with van der Waals surface area (Å²) in [5.74, 6) is 0. The smallest absolute Gasteiger partial charge is 0.0593 e. The Bertz CT molecular complexity index is 218. The molecule has 24 heavy (non-hydrogen) atoms. The minimum absolute atomic E-state index is 0.881. The van der Waals surface area contributed by atoms with Crippen LogP contribution in [0.15, 0.2) is 0 Å². The number of rotatable bonds is 20. The molecule has 2 nitrogen and oxygen atoms in total. The zero-order valence-electron chi connectivity index (χ0n) is 17.3. The third kappa shape index (κ3) is 21.9. The van der Waals surface area contributed by atoms with Gasteiger partial charge in [0.1, 0.15) is 0 Å². The maximum Gasteiger partial charge on any atom is 0.0593 e. The van der Waals surface area contributed by atoms with Crippen LogP contribution in [-0.2, 0) is 4.74 Å². The first-order valence-corrected chi connectivity index (χ1v) is 11.0. The monoisotopic (exact) mass is 341 g/mol. The van der Waals surface area contributed by atoms with Crippen LogP contribution < -0.4 is 0 Å². The average molecular weight is 342 g/mol. The summed E-state index contributed by atoms with van der Waals surface area (Å²) in [6.07, 6.45) is 22.8. The SMILES string of the molecule is CCCCCCCCCCCCCCCCCCOCCN(C)C. The molecule has 0 aliphatic carbocycles. The maximum absolute atomic E-state index is 5.62. The molecule has 0 aliphatic rings. The zero-order chi connectivity index (χ0) is 17.7. The van der Waals surface area contributed by atoms with Crippen molar-refractivity contribution >= 4 is 0 Å². The molecule has 146 valence electrons. The van der Waals surface area contributed by atoms with Gasteiger partial charge in [0, 0.05) is 13.2 Å². The molecule has 0 aromatic heterocycles. The third-order valence-electron chi connectivity index (χ3n) is 4.83. The molecular weight excluding hydrogens is 294 g/mol. The van der Waals surface area contributed by atoms with Crippen molar-refractivity contribution in [3.63, 3.8) is 0 Å². The van der Waals surface area contributed by atoms with Crippen molar-refractivity contribution in [3.05, 3.63) is 0 Å². The normalized spacial score (nSPS) is 11.5. The van der Waals surface area contributed by atoms with E-state index in [2.05, 4.69) is 25.9 Å². The van der Waals surface area contributed by atoms with Crippen LogP contribution in [0.2, 0.25) is 0 Å². The van der Waals surface area contributed by atoms with Crippen LogP contribution in [-0.4, -0.2) is 38.8 Å². The van der Waals surface area contributed by atoms with Crippen molar-refractivity contribution in [2.45, 2.75) is 110 Å². The second-order valence-electron chi connectivity index (χ2n) is 7.72. The quantitative estimate of drug-likeness (QED) is 0.225. The Balaban J connectivity index is 2.95. The number of hydrogen-bond donors (Lipinski definition) is 0.